The summed E-state index contributed by atoms with van der Waals surface area (Å²) in [6.07, 6.45) is 10.6. The standard InChI is InChI=1S/C16H23BrN2O/c1-2-11-5-3-4-6-14(11)18-16(20)15-9-12(17)10-19(15)13-7-8-13/h9-11,13-14H,2-8H2,1H3,(H,18,20). The number of hydrogen-bond donors (Lipinski definition) is 1. The topological polar surface area (TPSA) is 34.0 Å². The molecule has 0 spiro atoms. The second kappa shape index (κ2) is 5.92. The van der Waals surface area contributed by atoms with Gasteiger partial charge in [-0.25, -0.2) is 0 Å². The van der Waals surface area contributed by atoms with Crippen LogP contribution in [-0.2, 0) is 0 Å². The van der Waals surface area contributed by atoms with Gasteiger partial charge in [0.15, 0.2) is 0 Å². The molecule has 2 saturated carbocycles. The smallest absolute Gasteiger partial charge is 0.268 e. The lowest BCUT2D eigenvalue weighted by molar-refractivity contribution is 0.0895. The van der Waals surface area contributed by atoms with E-state index in [1.54, 1.807) is 0 Å². The van der Waals surface area contributed by atoms with Crippen LogP contribution in [0.3, 0.4) is 0 Å². The van der Waals surface area contributed by atoms with Crippen molar-refractivity contribution in [2.45, 2.75) is 64.0 Å². The molecular weight excluding hydrogens is 316 g/mol. The summed E-state index contributed by atoms with van der Waals surface area (Å²) in [7, 11) is 0. The summed E-state index contributed by atoms with van der Waals surface area (Å²) >= 11 is 3.50. The highest BCUT2D eigenvalue weighted by molar-refractivity contribution is 9.10. The highest BCUT2D eigenvalue weighted by atomic mass is 79.9. The van der Waals surface area contributed by atoms with E-state index in [-0.39, 0.29) is 5.91 Å². The highest BCUT2D eigenvalue weighted by Gasteiger charge is 2.30. The molecule has 1 aromatic rings. The molecule has 2 unspecified atom stereocenters. The Bertz CT molecular complexity index is 493. The lowest BCUT2D eigenvalue weighted by atomic mass is 9.83. The van der Waals surface area contributed by atoms with Crippen LogP contribution in [0.2, 0.25) is 0 Å². The average molecular weight is 339 g/mol. The number of amides is 1. The number of nitrogens with zero attached hydrogens (tertiary/aromatic N) is 1. The van der Waals surface area contributed by atoms with Crippen molar-refractivity contribution < 1.29 is 4.79 Å². The Morgan fingerprint density at radius 3 is 2.80 bits per heavy atom. The van der Waals surface area contributed by atoms with Crippen LogP contribution in [0.15, 0.2) is 16.7 Å². The van der Waals surface area contributed by atoms with Crippen LogP contribution in [0.25, 0.3) is 0 Å². The molecule has 1 amide bonds. The van der Waals surface area contributed by atoms with E-state index >= 15 is 0 Å². The Balaban J connectivity index is 1.72. The minimum atomic E-state index is 0.105. The maximum absolute atomic E-state index is 12.6. The summed E-state index contributed by atoms with van der Waals surface area (Å²) in [6.45, 7) is 2.23. The number of rotatable bonds is 4. The first kappa shape index (κ1) is 14.2. The van der Waals surface area contributed by atoms with Gasteiger partial charge in [0, 0.05) is 22.8 Å². The van der Waals surface area contributed by atoms with Gasteiger partial charge in [0.05, 0.1) is 0 Å². The lowest BCUT2D eigenvalue weighted by Gasteiger charge is -2.31. The van der Waals surface area contributed by atoms with Crippen LogP contribution >= 0.6 is 15.9 Å². The first-order valence-electron chi connectivity index (χ1n) is 7.87. The molecule has 0 bridgehead atoms. The molecule has 20 heavy (non-hydrogen) atoms. The Morgan fingerprint density at radius 1 is 1.35 bits per heavy atom. The molecule has 0 aliphatic heterocycles. The number of nitrogens with one attached hydrogen (secondary N) is 1. The third kappa shape index (κ3) is 2.95. The third-order valence-electron chi connectivity index (χ3n) is 4.74. The van der Waals surface area contributed by atoms with Gasteiger partial charge in [0.2, 0.25) is 0 Å². The van der Waals surface area contributed by atoms with Gasteiger partial charge in [-0.2, -0.15) is 0 Å². The van der Waals surface area contributed by atoms with Gasteiger partial charge < -0.3 is 9.88 Å². The average Bonchev–Trinajstić information content (AvgIpc) is 3.22. The highest BCUT2D eigenvalue weighted by Crippen LogP contribution is 2.37. The quantitative estimate of drug-likeness (QED) is 0.873. The Kier molecular flexibility index (Phi) is 4.20. The van der Waals surface area contributed by atoms with E-state index in [1.807, 2.05) is 12.3 Å². The fourth-order valence-electron chi connectivity index (χ4n) is 3.41. The summed E-state index contributed by atoms with van der Waals surface area (Å²) in [5.74, 6) is 0.758. The van der Waals surface area contributed by atoms with Crippen LogP contribution in [0.5, 0.6) is 0 Å². The number of carbonyl (C=O) groups is 1. The molecule has 3 rings (SSSR count). The van der Waals surface area contributed by atoms with Crippen LogP contribution in [0.1, 0.15) is 68.4 Å². The molecule has 4 heteroatoms. The Labute approximate surface area is 129 Å². The van der Waals surface area contributed by atoms with Gasteiger partial charge in [-0.1, -0.05) is 26.2 Å². The number of carbonyl (C=O) groups excluding carboxylic acids is 1. The maximum Gasteiger partial charge on any atom is 0.268 e. The van der Waals surface area contributed by atoms with Gasteiger partial charge in [0.1, 0.15) is 5.69 Å². The molecule has 2 fully saturated rings. The van der Waals surface area contributed by atoms with Crippen molar-refractivity contribution in [3.8, 4) is 0 Å². The normalized spacial score (nSPS) is 26.5. The van der Waals surface area contributed by atoms with Crippen LogP contribution in [0.4, 0.5) is 0 Å². The molecule has 2 atom stereocenters. The summed E-state index contributed by atoms with van der Waals surface area (Å²) in [5, 5.41) is 3.29. The molecular formula is C16H23BrN2O. The fraction of sp³-hybridized carbons (Fsp3) is 0.688. The maximum atomic E-state index is 12.6. The van der Waals surface area contributed by atoms with E-state index in [0.717, 1.165) is 23.0 Å². The van der Waals surface area contributed by atoms with Crippen molar-refractivity contribution in [2.75, 3.05) is 0 Å². The van der Waals surface area contributed by atoms with Gasteiger partial charge in [-0.15, -0.1) is 0 Å². The predicted molar refractivity (Wildman–Crippen MR) is 83.9 cm³/mol. The fourth-order valence-corrected chi connectivity index (χ4v) is 3.85. The molecule has 2 aliphatic carbocycles. The third-order valence-corrected chi connectivity index (χ3v) is 5.17. The first-order valence-corrected chi connectivity index (χ1v) is 8.66. The SMILES string of the molecule is CCC1CCCCC1NC(=O)c1cc(Br)cn1C1CC1. The van der Waals surface area contributed by atoms with Crippen molar-refractivity contribution >= 4 is 21.8 Å². The largest absolute Gasteiger partial charge is 0.348 e. The van der Waals surface area contributed by atoms with E-state index in [9.17, 15) is 4.79 Å². The van der Waals surface area contributed by atoms with Gasteiger partial charge in [-0.3, -0.25) is 4.79 Å². The summed E-state index contributed by atoms with van der Waals surface area (Å²) in [5.41, 5.74) is 0.819. The second-order valence-corrected chi connectivity index (χ2v) is 7.13. The van der Waals surface area contributed by atoms with Gasteiger partial charge in [-0.05, 0) is 53.6 Å². The summed E-state index contributed by atoms with van der Waals surface area (Å²) in [4.78, 5) is 12.6. The van der Waals surface area contributed by atoms with Crippen LogP contribution in [-0.4, -0.2) is 16.5 Å². The minimum absolute atomic E-state index is 0.105. The summed E-state index contributed by atoms with van der Waals surface area (Å²) in [6, 6.07) is 2.86. The van der Waals surface area contributed by atoms with E-state index in [4.69, 9.17) is 0 Å². The zero-order valence-corrected chi connectivity index (χ0v) is 13.7. The molecule has 3 nitrogen and oxygen atoms in total. The molecule has 0 aromatic carbocycles. The van der Waals surface area contributed by atoms with Crippen LogP contribution < -0.4 is 5.32 Å². The van der Waals surface area contributed by atoms with Gasteiger partial charge >= 0.3 is 0 Å². The van der Waals surface area contributed by atoms with Crippen molar-refractivity contribution in [2.24, 2.45) is 5.92 Å². The van der Waals surface area contributed by atoms with E-state index < -0.39 is 0 Å². The predicted octanol–water partition coefficient (Wildman–Crippen LogP) is 4.28. The van der Waals surface area contributed by atoms with Crippen molar-refractivity contribution in [3.05, 3.63) is 22.4 Å². The lowest BCUT2D eigenvalue weighted by Crippen LogP contribution is -2.42. The monoisotopic (exact) mass is 338 g/mol. The molecule has 1 heterocycles. The second-order valence-electron chi connectivity index (χ2n) is 6.21. The van der Waals surface area contributed by atoms with Crippen molar-refractivity contribution in [3.63, 3.8) is 0 Å². The summed E-state index contributed by atoms with van der Waals surface area (Å²) < 4.78 is 3.15. The molecule has 1 aromatic heterocycles. The number of aromatic nitrogens is 1. The minimum Gasteiger partial charge on any atom is -0.348 e. The van der Waals surface area contributed by atoms with Gasteiger partial charge in [0.25, 0.3) is 5.91 Å². The van der Waals surface area contributed by atoms with Crippen molar-refractivity contribution in [1.82, 2.24) is 9.88 Å². The van der Waals surface area contributed by atoms with Crippen LogP contribution in [0, 0.1) is 5.92 Å². The zero-order chi connectivity index (χ0) is 14.1. The number of hydrogen-bond acceptors (Lipinski definition) is 1. The molecule has 0 radical (unpaired) electrons. The van der Waals surface area contributed by atoms with E-state index in [0.29, 0.717) is 18.0 Å². The zero-order valence-electron chi connectivity index (χ0n) is 12.1. The molecule has 0 saturated heterocycles. The Hall–Kier alpha value is -0.770. The Morgan fingerprint density at radius 2 is 2.10 bits per heavy atom. The van der Waals surface area contributed by atoms with Crippen molar-refractivity contribution in [1.29, 1.82) is 0 Å². The molecule has 2 aliphatic rings. The van der Waals surface area contributed by atoms with E-state index in [1.165, 1.54) is 32.1 Å². The molecule has 110 valence electrons. The van der Waals surface area contributed by atoms with E-state index in [2.05, 4.69) is 32.7 Å². The first-order chi connectivity index (χ1) is 9.69. The number of halogens is 1. The molecule has 1 N–H and O–H groups in total.